The van der Waals surface area contributed by atoms with Crippen LogP contribution in [0.1, 0.15) is 121 Å². The van der Waals surface area contributed by atoms with Gasteiger partial charge in [0.2, 0.25) is 10.0 Å². The largest absolute Gasteiger partial charge is 0.381 e. The quantitative estimate of drug-likeness (QED) is 0.218. The molecule has 2 unspecified atom stereocenters. The number of ether oxygens (including phenoxy) is 1. The SMILES string of the molecule is CC(C)CCN(C)C1CCS(=O)(=O)C1.CC(C)CCN1CCN(C2CCOCC2)CC1.CC(C)CCN1CCN(S(C)(=O)=O)C(C)(C)C1.CC(C)CCNC1CCS(=O)(=O)C1. The molecule has 0 aromatic carbocycles. The predicted octanol–water partition coefficient (Wildman–Crippen LogP) is 5.18. The van der Waals surface area contributed by atoms with E-state index in [1.165, 1.54) is 64.7 Å². The lowest BCUT2D eigenvalue weighted by atomic mass is 10.0. The van der Waals surface area contributed by atoms with E-state index < -0.39 is 29.7 Å². The number of nitrogens with zero attached hydrogens (tertiary/aromatic N) is 5. The number of rotatable bonds is 16. The van der Waals surface area contributed by atoms with Crippen LogP contribution in [-0.4, -0.2) is 194 Å². The van der Waals surface area contributed by atoms with Crippen molar-refractivity contribution >= 4 is 29.7 Å². The summed E-state index contributed by atoms with van der Waals surface area (Å²) in [5.41, 5.74) is -0.289. The molecule has 13 nitrogen and oxygen atoms in total. The molecule has 364 valence electrons. The van der Waals surface area contributed by atoms with Gasteiger partial charge in [-0.05, 0) is 122 Å². The average Bonchev–Trinajstić information content (AvgIpc) is 3.71. The number of hydrogen-bond acceptors (Lipinski definition) is 12. The first-order valence-electron chi connectivity index (χ1n) is 23.9. The van der Waals surface area contributed by atoms with E-state index in [4.69, 9.17) is 4.74 Å². The van der Waals surface area contributed by atoms with Crippen LogP contribution in [0.25, 0.3) is 0 Å². The number of piperazine rings is 2. The highest BCUT2D eigenvalue weighted by atomic mass is 32.2. The van der Waals surface area contributed by atoms with Gasteiger partial charge >= 0.3 is 0 Å². The van der Waals surface area contributed by atoms with Crippen molar-refractivity contribution in [1.29, 1.82) is 0 Å². The summed E-state index contributed by atoms with van der Waals surface area (Å²) in [7, 11) is -6.48. The van der Waals surface area contributed by atoms with Crippen LogP contribution < -0.4 is 5.32 Å². The monoisotopic (exact) mass is 927 g/mol. The minimum Gasteiger partial charge on any atom is -0.381 e. The molecule has 0 bridgehead atoms. The van der Waals surface area contributed by atoms with Crippen LogP contribution in [0.3, 0.4) is 0 Å². The second-order valence-electron chi connectivity index (χ2n) is 21.0. The van der Waals surface area contributed by atoms with Crippen molar-refractivity contribution in [2.24, 2.45) is 23.7 Å². The van der Waals surface area contributed by atoms with Crippen LogP contribution in [0.5, 0.6) is 0 Å². The fourth-order valence-corrected chi connectivity index (χ4v) is 13.5. The zero-order valence-electron chi connectivity index (χ0n) is 41.0. The standard InChI is InChI=1S/C14H28N2O.C12H26N2O2S.C10H21NO2S.C9H19NO2S/c1-13(2)3-6-15-7-9-16(10-8-15)14-4-11-17-12-5-14;1-11(2)6-7-13-8-9-14(17(5,15)16)12(3,4)10-13;1-9(2)4-6-11(3)10-5-7-14(12,13)8-10;1-8(2)3-5-10-9-4-6-13(11,12)7-9/h13-14H,3-12H2,1-2H3;11H,6-10H2,1-5H3;9-10H,4-8H2,1-3H3;8-10H,3-7H2,1-2H3. The molecule has 16 heteroatoms. The van der Waals surface area contributed by atoms with Gasteiger partial charge in [-0.15, -0.1) is 0 Å². The molecule has 61 heavy (non-hydrogen) atoms. The van der Waals surface area contributed by atoms with Crippen molar-refractivity contribution in [2.45, 2.75) is 144 Å². The van der Waals surface area contributed by atoms with Crippen LogP contribution in [-0.2, 0) is 34.4 Å². The Morgan fingerprint density at radius 3 is 1.66 bits per heavy atom. The van der Waals surface area contributed by atoms with Gasteiger partial charge in [0.05, 0.1) is 29.3 Å². The molecule has 5 aliphatic rings. The molecule has 0 saturated carbocycles. The van der Waals surface area contributed by atoms with E-state index in [1.807, 2.05) is 20.9 Å². The minimum atomic E-state index is -3.08. The van der Waals surface area contributed by atoms with E-state index in [9.17, 15) is 25.3 Å². The highest BCUT2D eigenvalue weighted by Gasteiger charge is 2.38. The summed E-state index contributed by atoms with van der Waals surface area (Å²) in [5.74, 6) is 4.36. The van der Waals surface area contributed by atoms with Crippen LogP contribution in [0, 0.1) is 23.7 Å². The molecule has 5 heterocycles. The third-order valence-corrected chi connectivity index (χ3v) is 17.7. The van der Waals surface area contributed by atoms with Crippen LogP contribution >= 0.6 is 0 Å². The van der Waals surface area contributed by atoms with E-state index in [0.717, 1.165) is 83.6 Å². The normalized spacial score (nSPS) is 25.3. The highest BCUT2D eigenvalue weighted by molar-refractivity contribution is 7.92. The van der Waals surface area contributed by atoms with E-state index in [0.29, 0.717) is 47.3 Å². The number of sulfonamides is 1. The first-order valence-corrected chi connectivity index (χ1v) is 29.4. The van der Waals surface area contributed by atoms with Crippen molar-refractivity contribution < 1.29 is 30.0 Å². The second-order valence-corrected chi connectivity index (χ2v) is 27.3. The zero-order chi connectivity index (χ0) is 46.0. The summed E-state index contributed by atoms with van der Waals surface area (Å²) < 4.78 is 75.1. The molecule has 0 amide bonds. The Labute approximate surface area is 376 Å². The topological polar surface area (TPSA) is 140 Å². The Bertz CT molecular complexity index is 1530. The van der Waals surface area contributed by atoms with Gasteiger partial charge < -0.3 is 24.8 Å². The average molecular weight is 927 g/mol. The molecular weight excluding hydrogens is 833 g/mol. The molecule has 5 fully saturated rings. The fourth-order valence-electron chi connectivity index (χ4n) is 8.63. The molecule has 0 aliphatic carbocycles. The van der Waals surface area contributed by atoms with Gasteiger partial charge in [-0.1, -0.05) is 55.4 Å². The van der Waals surface area contributed by atoms with E-state index in [2.05, 4.69) is 80.3 Å². The maximum absolute atomic E-state index is 11.7. The molecular formula is C45H94N6O7S3. The Hall–Kier alpha value is -0.430. The third-order valence-electron chi connectivity index (χ3n) is 12.7. The maximum Gasteiger partial charge on any atom is 0.211 e. The predicted molar refractivity (Wildman–Crippen MR) is 256 cm³/mol. The van der Waals surface area contributed by atoms with Crippen molar-refractivity contribution in [1.82, 2.24) is 29.2 Å². The first-order chi connectivity index (χ1) is 28.3. The highest BCUT2D eigenvalue weighted by Crippen LogP contribution is 2.24. The van der Waals surface area contributed by atoms with Gasteiger partial charge in [-0.25, -0.2) is 25.3 Å². The summed E-state index contributed by atoms with van der Waals surface area (Å²) in [4.78, 5) is 9.90. The molecule has 5 aliphatic heterocycles. The Kier molecular flexibility index (Phi) is 25.3. The second kappa shape index (κ2) is 27.3. The molecule has 0 aromatic rings. The lowest BCUT2D eigenvalue weighted by Gasteiger charge is -2.45. The lowest BCUT2D eigenvalue weighted by molar-refractivity contribution is 0.0132. The summed E-state index contributed by atoms with van der Waals surface area (Å²) in [6, 6.07) is 1.28. The molecule has 0 spiro atoms. The summed E-state index contributed by atoms with van der Waals surface area (Å²) in [5, 5.41) is 3.29. The number of sulfone groups is 2. The molecule has 5 rings (SSSR count). The first kappa shape index (κ1) is 56.7. The van der Waals surface area contributed by atoms with Crippen molar-refractivity contribution in [2.75, 3.05) is 122 Å². The summed E-state index contributed by atoms with van der Waals surface area (Å²) >= 11 is 0. The third kappa shape index (κ3) is 24.1. The van der Waals surface area contributed by atoms with Gasteiger partial charge in [-0.3, -0.25) is 4.90 Å². The van der Waals surface area contributed by atoms with Gasteiger partial charge in [0.25, 0.3) is 0 Å². The molecule has 1 N–H and O–H groups in total. The molecule has 2 atom stereocenters. The van der Waals surface area contributed by atoms with Crippen LogP contribution in [0.15, 0.2) is 0 Å². The Morgan fingerprint density at radius 1 is 0.689 bits per heavy atom. The van der Waals surface area contributed by atoms with E-state index >= 15 is 0 Å². The summed E-state index contributed by atoms with van der Waals surface area (Å²) in [6.45, 7) is 35.4. The molecule has 0 radical (unpaired) electrons. The van der Waals surface area contributed by atoms with Crippen molar-refractivity contribution in [3.63, 3.8) is 0 Å². The number of hydrogen-bond donors (Lipinski definition) is 1. The van der Waals surface area contributed by atoms with Crippen molar-refractivity contribution in [3.8, 4) is 0 Å². The minimum absolute atomic E-state index is 0.212. The van der Waals surface area contributed by atoms with Gasteiger partial charge in [0.1, 0.15) is 0 Å². The van der Waals surface area contributed by atoms with Crippen LogP contribution in [0.2, 0.25) is 0 Å². The van der Waals surface area contributed by atoms with Gasteiger partial charge in [0.15, 0.2) is 19.7 Å². The maximum atomic E-state index is 11.7. The van der Waals surface area contributed by atoms with E-state index in [1.54, 1.807) is 4.31 Å². The number of nitrogens with one attached hydrogen (secondary N) is 1. The Balaban J connectivity index is 0.000000282. The van der Waals surface area contributed by atoms with E-state index in [-0.39, 0.29) is 17.6 Å². The lowest BCUT2D eigenvalue weighted by Crippen LogP contribution is -2.60. The summed E-state index contributed by atoms with van der Waals surface area (Å²) in [6.07, 6.45) is 10.2. The Morgan fingerprint density at radius 2 is 1.20 bits per heavy atom. The zero-order valence-corrected chi connectivity index (χ0v) is 43.5. The van der Waals surface area contributed by atoms with Gasteiger partial charge in [-0.2, -0.15) is 4.31 Å². The van der Waals surface area contributed by atoms with Crippen molar-refractivity contribution in [3.05, 3.63) is 0 Å². The van der Waals surface area contributed by atoms with Crippen LogP contribution in [0.4, 0.5) is 0 Å². The van der Waals surface area contributed by atoms with Gasteiger partial charge in [0, 0.05) is 82.7 Å². The molecule has 0 aromatic heterocycles. The molecule has 5 saturated heterocycles. The fraction of sp³-hybridized carbons (Fsp3) is 1.00. The smallest absolute Gasteiger partial charge is 0.211 e.